The van der Waals surface area contributed by atoms with Gasteiger partial charge in [-0.3, -0.25) is 0 Å². The summed E-state index contributed by atoms with van der Waals surface area (Å²) in [6.07, 6.45) is -4.78. The first-order chi connectivity index (χ1) is 13.0. The molecule has 0 aliphatic rings. The molecular weight excluding hydrogens is 401 g/mol. The van der Waals surface area contributed by atoms with Crippen LogP contribution in [0.1, 0.15) is 11.1 Å². The molecule has 2 aromatic rings. The Bertz CT molecular complexity index is 937. The first-order valence-corrected chi connectivity index (χ1v) is 9.27. The van der Waals surface area contributed by atoms with Gasteiger partial charge >= 0.3 is 6.18 Å². The highest BCUT2D eigenvalue weighted by Gasteiger charge is 2.34. The quantitative estimate of drug-likeness (QED) is 0.669. The van der Waals surface area contributed by atoms with E-state index < -0.39 is 32.3 Å². The molecule has 0 atom stereocenters. The summed E-state index contributed by atoms with van der Waals surface area (Å²) in [5, 5.41) is 0. The SMILES string of the molecule is COc1cc(OC)c(CNS(=O)(=O)c2ccc(N)c(C(F)(F)F)c2)c(OC)c1. The average molecular weight is 420 g/mol. The summed E-state index contributed by atoms with van der Waals surface area (Å²) >= 11 is 0. The Kier molecular flexibility index (Phi) is 6.30. The minimum atomic E-state index is -4.78. The lowest BCUT2D eigenvalue weighted by Gasteiger charge is -2.16. The van der Waals surface area contributed by atoms with Crippen molar-refractivity contribution in [1.82, 2.24) is 4.72 Å². The summed E-state index contributed by atoms with van der Waals surface area (Å²) in [5.74, 6) is 0.994. The smallest absolute Gasteiger partial charge is 0.418 e. The number of alkyl halides is 3. The van der Waals surface area contributed by atoms with Gasteiger partial charge in [-0.1, -0.05) is 0 Å². The molecule has 0 aliphatic carbocycles. The molecular formula is C17H19F3N2O5S. The first kappa shape index (κ1) is 21.6. The summed E-state index contributed by atoms with van der Waals surface area (Å²) in [6, 6.07) is 5.43. The average Bonchev–Trinajstić information content (AvgIpc) is 2.64. The molecule has 0 heterocycles. The summed E-state index contributed by atoms with van der Waals surface area (Å²) in [4.78, 5) is -0.569. The number of nitrogens with two attached hydrogens (primary N) is 1. The number of hydrogen-bond acceptors (Lipinski definition) is 6. The Hall–Kier alpha value is -2.66. The van der Waals surface area contributed by atoms with Gasteiger partial charge in [0.1, 0.15) is 17.2 Å². The number of anilines is 1. The minimum Gasteiger partial charge on any atom is -0.496 e. The van der Waals surface area contributed by atoms with Gasteiger partial charge in [0, 0.05) is 24.4 Å². The lowest BCUT2D eigenvalue weighted by molar-refractivity contribution is -0.137. The Morgan fingerprint density at radius 1 is 1.00 bits per heavy atom. The molecule has 2 aromatic carbocycles. The van der Waals surface area contributed by atoms with Gasteiger partial charge in [0.15, 0.2) is 0 Å². The molecule has 0 bridgehead atoms. The largest absolute Gasteiger partial charge is 0.496 e. The van der Waals surface area contributed by atoms with Crippen molar-refractivity contribution in [2.75, 3.05) is 27.1 Å². The predicted molar refractivity (Wildman–Crippen MR) is 96.0 cm³/mol. The molecule has 0 saturated carbocycles. The molecule has 0 spiro atoms. The molecule has 0 saturated heterocycles. The van der Waals surface area contributed by atoms with Crippen LogP contribution in [0.2, 0.25) is 0 Å². The van der Waals surface area contributed by atoms with Crippen molar-refractivity contribution < 1.29 is 35.8 Å². The van der Waals surface area contributed by atoms with Crippen LogP contribution in [0, 0.1) is 0 Å². The fraction of sp³-hybridized carbons (Fsp3) is 0.294. The van der Waals surface area contributed by atoms with Crippen molar-refractivity contribution in [3.63, 3.8) is 0 Å². The van der Waals surface area contributed by atoms with Gasteiger partial charge in [-0.25, -0.2) is 13.1 Å². The number of nitrogens with one attached hydrogen (secondary N) is 1. The normalized spacial score (nSPS) is 11.9. The fourth-order valence-electron chi connectivity index (χ4n) is 2.45. The Morgan fingerprint density at radius 3 is 2.04 bits per heavy atom. The second-order valence-corrected chi connectivity index (χ2v) is 7.35. The van der Waals surface area contributed by atoms with E-state index in [0.29, 0.717) is 17.4 Å². The van der Waals surface area contributed by atoms with Crippen molar-refractivity contribution in [1.29, 1.82) is 0 Å². The molecule has 154 valence electrons. The van der Waals surface area contributed by atoms with E-state index in [-0.39, 0.29) is 18.0 Å². The van der Waals surface area contributed by atoms with Gasteiger partial charge in [0.05, 0.1) is 37.4 Å². The zero-order valence-electron chi connectivity index (χ0n) is 15.3. The number of benzene rings is 2. The topological polar surface area (TPSA) is 99.9 Å². The second kappa shape index (κ2) is 8.15. The van der Waals surface area contributed by atoms with Crippen LogP contribution in [-0.4, -0.2) is 29.7 Å². The third-order valence-electron chi connectivity index (χ3n) is 3.90. The Morgan fingerprint density at radius 2 is 1.57 bits per heavy atom. The van der Waals surface area contributed by atoms with E-state index in [1.165, 1.54) is 33.5 Å². The number of hydrogen-bond donors (Lipinski definition) is 2. The van der Waals surface area contributed by atoms with Gasteiger partial charge in [0.2, 0.25) is 10.0 Å². The zero-order valence-corrected chi connectivity index (χ0v) is 16.1. The van der Waals surface area contributed by atoms with E-state index in [4.69, 9.17) is 19.9 Å². The molecule has 0 fully saturated rings. The van der Waals surface area contributed by atoms with Crippen LogP contribution in [0.15, 0.2) is 35.2 Å². The Labute approximate surface area is 160 Å². The van der Waals surface area contributed by atoms with Crippen LogP contribution < -0.4 is 24.7 Å². The van der Waals surface area contributed by atoms with E-state index in [0.717, 1.165) is 12.1 Å². The molecule has 0 aromatic heterocycles. The monoisotopic (exact) mass is 420 g/mol. The molecule has 0 unspecified atom stereocenters. The first-order valence-electron chi connectivity index (χ1n) is 7.78. The summed E-state index contributed by atoms with van der Waals surface area (Å²) < 4.78 is 81.8. The molecule has 28 heavy (non-hydrogen) atoms. The van der Waals surface area contributed by atoms with Crippen LogP contribution in [0.3, 0.4) is 0 Å². The van der Waals surface area contributed by atoms with E-state index in [1.807, 2.05) is 0 Å². The molecule has 0 aliphatic heterocycles. The zero-order chi connectivity index (χ0) is 21.1. The lowest BCUT2D eigenvalue weighted by Crippen LogP contribution is -2.24. The van der Waals surface area contributed by atoms with Crippen molar-refractivity contribution in [2.45, 2.75) is 17.6 Å². The van der Waals surface area contributed by atoms with Crippen LogP contribution in [0.4, 0.5) is 18.9 Å². The maximum atomic E-state index is 13.0. The van der Waals surface area contributed by atoms with Gasteiger partial charge < -0.3 is 19.9 Å². The molecule has 0 amide bonds. The summed E-state index contributed by atoms with van der Waals surface area (Å²) in [7, 11) is -0.0776. The number of halogens is 3. The number of sulfonamides is 1. The summed E-state index contributed by atoms with van der Waals surface area (Å²) in [5.41, 5.74) is 3.86. The van der Waals surface area contributed by atoms with Crippen LogP contribution in [0.5, 0.6) is 17.2 Å². The van der Waals surface area contributed by atoms with Gasteiger partial charge in [-0.15, -0.1) is 0 Å². The van der Waals surface area contributed by atoms with Gasteiger partial charge in [0.25, 0.3) is 0 Å². The number of ether oxygens (including phenoxy) is 3. The maximum Gasteiger partial charge on any atom is 0.418 e. The number of rotatable bonds is 7. The lowest BCUT2D eigenvalue weighted by atomic mass is 10.1. The van der Waals surface area contributed by atoms with E-state index in [9.17, 15) is 21.6 Å². The van der Waals surface area contributed by atoms with Crippen molar-refractivity contribution in [3.8, 4) is 17.2 Å². The molecule has 11 heteroatoms. The van der Waals surface area contributed by atoms with E-state index in [1.54, 1.807) is 0 Å². The predicted octanol–water partition coefficient (Wildman–Crippen LogP) is 2.79. The van der Waals surface area contributed by atoms with E-state index >= 15 is 0 Å². The third-order valence-corrected chi connectivity index (χ3v) is 5.30. The number of nitrogen functional groups attached to an aromatic ring is 1. The van der Waals surface area contributed by atoms with E-state index in [2.05, 4.69) is 4.72 Å². The minimum absolute atomic E-state index is 0.284. The van der Waals surface area contributed by atoms with Crippen molar-refractivity contribution >= 4 is 15.7 Å². The summed E-state index contributed by atoms with van der Waals surface area (Å²) in [6.45, 7) is -0.287. The molecule has 7 nitrogen and oxygen atoms in total. The number of methoxy groups -OCH3 is 3. The van der Waals surface area contributed by atoms with Gasteiger partial charge in [-0.05, 0) is 18.2 Å². The highest BCUT2D eigenvalue weighted by molar-refractivity contribution is 7.89. The Balaban J connectivity index is 2.37. The van der Waals surface area contributed by atoms with Crippen LogP contribution in [0.25, 0.3) is 0 Å². The van der Waals surface area contributed by atoms with Gasteiger partial charge in [-0.2, -0.15) is 13.2 Å². The van der Waals surface area contributed by atoms with Crippen molar-refractivity contribution in [3.05, 3.63) is 41.5 Å². The van der Waals surface area contributed by atoms with Crippen LogP contribution in [-0.2, 0) is 22.7 Å². The fourth-order valence-corrected chi connectivity index (χ4v) is 3.47. The van der Waals surface area contributed by atoms with Crippen LogP contribution >= 0.6 is 0 Å². The molecule has 0 radical (unpaired) electrons. The molecule has 2 rings (SSSR count). The highest BCUT2D eigenvalue weighted by atomic mass is 32.2. The maximum absolute atomic E-state index is 13.0. The third kappa shape index (κ3) is 4.60. The highest BCUT2D eigenvalue weighted by Crippen LogP contribution is 2.36. The standard InChI is InChI=1S/C17H19F3N2O5S/c1-25-10-6-15(26-2)12(16(7-10)27-3)9-22-28(23,24)11-4-5-14(21)13(8-11)17(18,19)20/h4-8,22H,9,21H2,1-3H3. The second-order valence-electron chi connectivity index (χ2n) is 5.58. The van der Waals surface area contributed by atoms with Crippen molar-refractivity contribution in [2.24, 2.45) is 0 Å². The molecule has 3 N–H and O–H groups in total.